The molecule has 0 saturated carbocycles. The first-order chi connectivity index (χ1) is 16.5. The summed E-state index contributed by atoms with van der Waals surface area (Å²) in [6.45, 7) is 1.91. The molecular formula is C26H22ClN5O2. The van der Waals surface area contributed by atoms with Crippen LogP contribution in [0.1, 0.15) is 22.5 Å². The molecule has 0 N–H and O–H groups in total. The van der Waals surface area contributed by atoms with Gasteiger partial charge >= 0.3 is 0 Å². The van der Waals surface area contributed by atoms with E-state index < -0.39 is 0 Å². The largest absolute Gasteiger partial charge is 0.496 e. The predicted octanol–water partition coefficient (Wildman–Crippen LogP) is 4.62. The number of hydrazone groups is 1. The molecule has 34 heavy (non-hydrogen) atoms. The summed E-state index contributed by atoms with van der Waals surface area (Å²) < 4.78 is 7.34. The van der Waals surface area contributed by atoms with Gasteiger partial charge in [-0.25, -0.2) is 5.01 Å². The zero-order valence-electron chi connectivity index (χ0n) is 18.8. The molecule has 8 heteroatoms. The SMILES string of the molecule is COc1ccccc1CC(=O)CN1N=C(c2ccc(Cl)cc2)c2ccccc2-n2c(C)nnc21. The van der Waals surface area contributed by atoms with Crippen molar-refractivity contribution in [1.82, 2.24) is 14.8 Å². The highest BCUT2D eigenvalue weighted by Crippen LogP contribution is 2.30. The van der Waals surface area contributed by atoms with Gasteiger partial charge in [-0.15, -0.1) is 10.2 Å². The third-order valence-corrected chi connectivity index (χ3v) is 5.94. The van der Waals surface area contributed by atoms with Gasteiger partial charge in [-0.1, -0.05) is 60.1 Å². The summed E-state index contributed by atoms with van der Waals surface area (Å²) in [6, 6.07) is 23.0. The molecule has 2 heterocycles. The number of benzene rings is 3. The fourth-order valence-electron chi connectivity index (χ4n) is 4.10. The number of hydrogen-bond donors (Lipinski definition) is 0. The van der Waals surface area contributed by atoms with Crippen molar-refractivity contribution < 1.29 is 9.53 Å². The van der Waals surface area contributed by atoms with Crippen LogP contribution in [-0.2, 0) is 11.2 Å². The smallest absolute Gasteiger partial charge is 0.252 e. The van der Waals surface area contributed by atoms with Gasteiger partial charge in [-0.05, 0) is 31.2 Å². The molecule has 3 aromatic carbocycles. The minimum Gasteiger partial charge on any atom is -0.496 e. The van der Waals surface area contributed by atoms with Crippen LogP contribution in [0.25, 0.3) is 5.69 Å². The van der Waals surface area contributed by atoms with E-state index in [0.29, 0.717) is 22.5 Å². The second-order valence-electron chi connectivity index (χ2n) is 7.94. The first-order valence-electron chi connectivity index (χ1n) is 10.8. The van der Waals surface area contributed by atoms with E-state index in [1.54, 1.807) is 12.1 Å². The Balaban J connectivity index is 1.58. The Hall–Kier alpha value is -3.97. The van der Waals surface area contributed by atoms with E-state index in [2.05, 4.69) is 10.2 Å². The first-order valence-corrected chi connectivity index (χ1v) is 11.2. The van der Waals surface area contributed by atoms with E-state index in [0.717, 1.165) is 28.1 Å². The molecule has 0 radical (unpaired) electrons. The van der Waals surface area contributed by atoms with Crippen LogP contribution in [0.15, 0.2) is 77.9 Å². The summed E-state index contributed by atoms with van der Waals surface area (Å²) in [6.07, 6.45) is 0.215. The maximum absolute atomic E-state index is 13.2. The van der Waals surface area contributed by atoms with Crippen LogP contribution >= 0.6 is 11.6 Å². The van der Waals surface area contributed by atoms with Crippen LogP contribution in [0.5, 0.6) is 5.75 Å². The number of ether oxygens (including phenoxy) is 1. The Morgan fingerprint density at radius 1 is 0.971 bits per heavy atom. The van der Waals surface area contributed by atoms with Crippen LogP contribution in [0.4, 0.5) is 5.95 Å². The van der Waals surface area contributed by atoms with E-state index in [1.165, 1.54) is 0 Å². The van der Waals surface area contributed by atoms with Crippen molar-refractivity contribution in [1.29, 1.82) is 0 Å². The Morgan fingerprint density at radius 2 is 1.71 bits per heavy atom. The zero-order valence-corrected chi connectivity index (χ0v) is 19.5. The third-order valence-electron chi connectivity index (χ3n) is 5.68. The number of Topliss-reactive ketones (excluding diaryl/α,β-unsaturated/α-hetero) is 1. The van der Waals surface area contributed by atoms with Gasteiger partial charge in [0.2, 0.25) is 0 Å². The summed E-state index contributed by atoms with van der Waals surface area (Å²) in [4.78, 5) is 13.2. The Labute approximate surface area is 202 Å². The molecule has 0 amide bonds. The summed E-state index contributed by atoms with van der Waals surface area (Å²) in [7, 11) is 1.60. The first kappa shape index (κ1) is 21.9. The minimum absolute atomic E-state index is 0.0261. The Kier molecular flexibility index (Phi) is 5.86. The van der Waals surface area contributed by atoms with Crippen molar-refractivity contribution in [3.05, 3.63) is 100 Å². The van der Waals surface area contributed by atoms with Crippen molar-refractivity contribution in [3.8, 4) is 11.4 Å². The van der Waals surface area contributed by atoms with E-state index in [9.17, 15) is 4.79 Å². The number of fused-ring (bicyclic) bond motifs is 3. The fraction of sp³-hybridized carbons (Fsp3) is 0.154. The minimum atomic E-state index is -0.0261. The highest BCUT2D eigenvalue weighted by molar-refractivity contribution is 6.30. The molecule has 0 saturated heterocycles. The average molecular weight is 472 g/mol. The lowest BCUT2D eigenvalue weighted by atomic mass is 10.0. The lowest BCUT2D eigenvalue weighted by Crippen LogP contribution is -2.29. The standard InChI is InChI=1S/C26H22ClN5O2/c1-17-28-29-26-31(16-21(33)15-19-7-3-6-10-24(19)34-2)30-25(18-11-13-20(27)14-12-18)22-8-4-5-9-23(22)32(17)26/h3-14H,15-16H2,1-2H3. The quantitative estimate of drug-likeness (QED) is 0.410. The topological polar surface area (TPSA) is 72.6 Å². The van der Waals surface area contributed by atoms with Gasteiger partial charge in [0.25, 0.3) is 5.95 Å². The number of ketones is 1. The number of methoxy groups -OCH3 is 1. The lowest BCUT2D eigenvalue weighted by molar-refractivity contribution is -0.117. The zero-order chi connectivity index (χ0) is 23.7. The third kappa shape index (κ3) is 4.06. The molecule has 0 bridgehead atoms. The number of carbonyl (C=O) groups excluding carboxylic acids is 1. The predicted molar refractivity (Wildman–Crippen MR) is 132 cm³/mol. The van der Waals surface area contributed by atoms with E-state index in [4.69, 9.17) is 21.4 Å². The maximum atomic E-state index is 13.2. The highest BCUT2D eigenvalue weighted by Gasteiger charge is 2.27. The molecule has 4 aromatic rings. The number of aromatic nitrogens is 3. The van der Waals surface area contributed by atoms with E-state index in [1.807, 2.05) is 84.3 Å². The van der Waals surface area contributed by atoms with Crippen molar-refractivity contribution in [2.45, 2.75) is 13.3 Å². The monoisotopic (exact) mass is 471 g/mol. The van der Waals surface area contributed by atoms with Crippen LogP contribution in [0, 0.1) is 6.92 Å². The normalized spacial score (nSPS) is 12.4. The number of hydrogen-bond acceptors (Lipinski definition) is 6. The van der Waals surface area contributed by atoms with Crippen molar-refractivity contribution in [2.24, 2.45) is 5.10 Å². The van der Waals surface area contributed by atoms with Crippen LogP contribution < -0.4 is 9.75 Å². The van der Waals surface area contributed by atoms with Crippen molar-refractivity contribution in [3.63, 3.8) is 0 Å². The lowest BCUT2D eigenvalue weighted by Gasteiger charge is -2.17. The molecular weight excluding hydrogens is 450 g/mol. The van der Waals surface area contributed by atoms with Crippen molar-refractivity contribution >= 4 is 29.0 Å². The summed E-state index contributed by atoms with van der Waals surface area (Å²) in [5, 5.41) is 15.8. The van der Waals surface area contributed by atoms with Crippen LogP contribution in [-0.4, -0.2) is 39.9 Å². The molecule has 0 atom stereocenters. The maximum Gasteiger partial charge on any atom is 0.252 e. The second-order valence-corrected chi connectivity index (χ2v) is 8.38. The fourth-order valence-corrected chi connectivity index (χ4v) is 4.23. The molecule has 1 aliphatic heterocycles. The molecule has 0 unspecified atom stereocenters. The van der Waals surface area contributed by atoms with Gasteiger partial charge in [0.1, 0.15) is 23.8 Å². The van der Waals surface area contributed by atoms with Gasteiger partial charge in [0.05, 0.1) is 12.8 Å². The molecule has 7 nitrogen and oxygen atoms in total. The number of nitrogens with zero attached hydrogens (tertiary/aromatic N) is 5. The van der Waals surface area contributed by atoms with Crippen LogP contribution in [0.2, 0.25) is 5.02 Å². The Bertz CT molecular complexity index is 1390. The van der Waals surface area contributed by atoms with E-state index in [-0.39, 0.29) is 18.7 Å². The summed E-state index contributed by atoms with van der Waals surface area (Å²) in [5.41, 5.74) is 4.24. The molecule has 1 aliphatic rings. The Morgan fingerprint density at radius 3 is 2.50 bits per heavy atom. The van der Waals surface area contributed by atoms with Crippen molar-refractivity contribution in [2.75, 3.05) is 18.7 Å². The van der Waals surface area contributed by atoms with Crippen LogP contribution in [0.3, 0.4) is 0 Å². The number of aryl methyl sites for hydroxylation is 1. The molecule has 0 fully saturated rings. The average Bonchev–Trinajstić information content (AvgIpc) is 3.17. The van der Waals surface area contributed by atoms with Gasteiger partial charge in [0.15, 0.2) is 5.78 Å². The number of anilines is 1. The summed E-state index contributed by atoms with van der Waals surface area (Å²) >= 11 is 6.13. The summed E-state index contributed by atoms with van der Waals surface area (Å²) in [5.74, 6) is 1.85. The number of rotatable bonds is 6. The number of halogens is 1. The molecule has 170 valence electrons. The highest BCUT2D eigenvalue weighted by atomic mass is 35.5. The number of carbonyl (C=O) groups is 1. The molecule has 0 spiro atoms. The molecule has 5 rings (SSSR count). The van der Waals surface area contributed by atoms with Gasteiger partial charge < -0.3 is 4.74 Å². The number of para-hydroxylation sites is 2. The van der Waals surface area contributed by atoms with Gasteiger partial charge in [-0.2, -0.15) is 5.10 Å². The molecule has 0 aliphatic carbocycles. The van der Waals surface area contributed by atoms with Gasteiger partial charge in [0, 0.05) is 28.1 Å². The second kappa shape index (κ2) is 9.11. The van der Waals surface area contributed by atoms with E-state index >= 15 is 0 Å². The molecule has 1 aromatic heterocycles. The van der Waals surface area contributed by atoms with Gasteiger partial charge in [-0.3, -0.25) is 9.36 Å².